The van der Waals surface area contributed by atoms with E-state index in [2.05, 4.69) is 338 Å². The molecule has 0 aliphatic carbocycles. The summed E-state index contributed by atoms with van der Waals surface area (Å²) in [7, 11) is 0. The van der Waals surface area contributed by atoms with Crippen molar-refractivity contribution in [2.75, 3.05) is 29.0 Å². The second-order valence-corrected chi connectivity index (χ2v) is 25.6. The number of anilines is 14. The first-order valence-electron chi connectivity index (χ1n) is 30.6. The van der Waals surface area contributed by atoms with E-state index in [9.17, 15) is 0 Å². The molecule has 0 N–H and O–H groups in total. The Labute approximate surface area is 527 Å². The maximum atomic E-state index is 2.76. The highest BCUT2D eigenvalue weighted by molar-refractivity contribution is 8.27. The van der Waals surface area contributed by atoms with Gasteiger partial charge in [-0.05, 0) is 166 Å². The summed E-state index contributed by atoms with van der Waals surface area (Å²) < 4.78 is 0. The molecule has 11 heteroatoms. The number of benzene rings is 13. The van der Waals surface area contributed by atoms with Crippen molar-refractivity contribution in [3.63, 3.8) is 0 Å². The summed E-state index contributed by atoms with van der Waals surface area (Å²) in [6, 6.07) is 115. The Bertz CT molecular complexity index is 4570. The lowest BCUT2D eigenvalue weighted by Crippen LogP contribution is -2.66. The van der Waals surface area contributed by atoms with Gasteiger partial charge in [-0.1, -0.05) is 182 Å². The van der Waals surface area contributed by atoms with E-state index in [0.717, 1.165) is 68.2 Å². The summed E-state index contributed by atoms with van der Waals surface area (Å²) in [4.78, 5) is 18.5. The Morgan fingerprint density at radius 2 is 0.551 bits per heavy atom. The smallest absolute Gasteiger partial charge is 0.371 e. The standard InChI is InChI=1S/C78H51B3N6S2/c1-9-29-52(30-10-1)82(53-31-11-2-12-32-53)66-49-62-60-45-25-27-47-68(60)88-80-74(62)72-70-64(84(80)56-37-17-5-18-38-56)51-65-71-73-75-63(61-46-26-28-48-69(61)89-81(75)85(65)57-39-19-6-20-40-57)50-67(83(54-33-13-3-14-34-54)55-35-15-4-16-36-55)78(73)87(59-43-23-8-24-44-59)79(76(70)71)86(77(66)72)58-41-21-7-22-42-58/h1-51H. The van der Waals surface area contributed by atoms with Crippen molar-refractivity contribution in [2.24, 2.45) is 0 Å². The summed E-state index contributed by atoms with van der Waals surface area (Å²) >= 11 is 3.95. The van der Waals surface area contributed by atoms with Gasteiger partial charge >= 0.3 is 19.2 Å². The average molecular weight is 1170 g/mol. The molecule has 0 bridgehead atoms. The van der Waals surface area contributed by atoms with Gasteiger partial charge in [0.05, 0.1) is 22.7 Å². The second kappa shape index (κ2) is 20.1. The van der Waals surface area contributed by atoms with Crippen molar-refractivity contribution in [2.45, 2.75) is 9.79 Å². The van der Waals surface area contributed by atoms with Crippen LogP contribution in [0.15, 0.2) is 319 Å². The Balaban J connectivity index is 1.07. The van der Waals surface area contributed by atoms with E-state index in [1.165, 1.54) is 82.1 Å². The van der Waals surface area contributed by atoms with E-state index >= 15 is 0 Å². The zero-order valence-electron chi connectivity index (χ0n) is 48.2. The van der Waals surface area contributed by atoms with Crippen molar-refractivity contribution in [3.8, 4) is 44.5 Å². The van der Waals surface area contributed by atoms with E-state index in [1.54, 1.807) is 0 Å². The predicted octanol–water partition coefficient (Wildman–Crippen LogP) is 19.2. The first-order chi connectivity index (χ1) is 44.2. The van der Waals surface area contributed by atoms with E-state index < -0.39 is 6.98 Å². The zero-order valence-corrected chi connectivity index (χ0v) is 49.8. The van der Waals surface area contributed by atoms with Gasteiger partial charge in [0.25, 0.3) is 0 Å². The molecule has 0 saturated carbocycles. The van der Waals surface area contributed by atoms with Crippen molar-refractivity contribution in [1.29, 1.82) is 0 Å². The maximum absolute atomic E-state index is 2.76. The molecule has 6 nitrogen and oxygen atoms in total. The van der Waals surface area contributed by atoms with Crippen LogP contribution < -0.4 is 45.4 Å². The molecule has 6 aliphatic heterocycles. The lowest BCUT2D eigenvalue weighted by atomic mass is 9.48. The third-order valence-electron chi connectivity index (χ3n) is 18.7. The quantitative estimate of drug-likeness (QED) is 0.125. The predicted molar refractivity (Wildman–Crippen MR) is 380 cm³/mol. The summed E-state index contributed by atoms with van der Waals surface area (Å²) in [5.41, 5.74) is 29.7. The van der Waals surface area contributed by atoms with Crippen LogP contribution >= 0.6 is 23.2 Å². The van der Waals surface area contributed by atoms with Crippen molar-refractivity contribution in [1.82, 2.24) is 0 Å². The zero-order chi connectivity index (χ0) is 58.3. The van der Waals surface area contributed by atoms with E-state index in [0.29, 0.717) is 0 Å². The van der Waals surface area contributed by atoms with Crippen LogP contribution in [0.3, 0.4) is 0 Å². The van der Waals surface area contributed by atoms with E-state index in [4.69, 9.17) is 0 Å². The topological polar surface area (TPSA) is 19.4 Å². The minimum Gasteiger partial charge on any atom is -0.371 e. The minimum atomic E-state index is -0.478. The van der Waals surface area contributed by atoms with Crippen LogP contribution in [0.1, 0.15) is 0 Å². The molecule has 13 aromatic carbocycles. The molecule has 13 aromatic rings. The summed E-state index contributed by atoms with van der Waals surface area (Å²) in [5, 5.41) is 0. The molecule has 0 radical (unpaired) electrons. The van der Waals surface area contributed by atoms with Crippen LogP contribution in [0.25, 0.3) is 44.5 Å². The van der Waals surface area contributed by atoms with Crippen molar-refractivity contribution < 1.29 is 0 Å². The summed E-state index contributed by atoms with van der Waals surface area (Å²) in [6.07, 6.45) is -0.299. The van der Waals surface area contributed by atoms with Gasteiger partial charge in [-0.15, -0.1) is 23.2 Å². The maximum Gasteiger partial charge on any atom is 0.422 e. The highest BCUT2D eigenvalue weighted by atomic mass is 32.2. The molecule has 0 spiro atoms. The third kappa shape index (κ3) is 7.46. The normalized spacial score (nSPS) is 13.8. The van der Waals surface area contributed by atoms with E-state index in [1.807, 2.05) is 23.2 Å². The molecule has 19 rings (SSSR count). The highest BCUT2D eigenvalue weighted by Gasteiger charge is 2.59. The first kappa shape index (κ1) is 50.7. The molecular weight excluding hydrogens is 1120 g/mol. The summed E-state index contributed by atoms with van der Waals surface area (Å²) in [6.45, 7) is -0.478. The van der Waals surface area contributed by atoms with Gasteiger partial charge in [-0.25, -0.2) is 0 Å². The van der Waals surface area contributed by atoms with Gasteiger partial charge in [0, 0.05) is 88.9 Å². The minimum absolute atomic E-state index is 0.149. The molecule has 0 aromatic heterocycles. The fraction of sp³-hybridized carbons (Fsp3) is 0. The molecular formula is C78H51B3N6S2. The van der Waals surface area contributed by atoms with Gasteiger partial charge in [-0.2, -0.15) is 0 Å². The number of nitrogens with zero attached hydrogens (tertiary/aromatic N) is 6. The number of hydrogen-bond acceptors (Lipinski definition) is 8. The molecule has 0 unspecified atom stereocenters. The number of hydrogen-bond donors (Lipinski definition) is 0. The number of para-hydroxylation sites is 8. The van der Waals surface area contributed by atoms with Gasteiger partial charge < -0.3 is 29.0 Å². The first-order valence-corrected chi connectivity index (χ1v) is 32.3. The Morgan fingerprint density at radius 3 is 0.888 bits per heavy atom. The Hall–Kier alpha value is -10.4. The molecule has 6 aliphatic rings. The molecule has 0 saturated heterocycles. The van der Waals surface area contributed by atoms with Crippen LogP contribution in [0.2, 0.25) is 0 Å². The third-order valence-corrected chi connectivity index (χ3v) is 21.2. The second-order valence-electron chi connectivity index (χ2n) is 23.4. The summed E-state index contributed by atoms with van der Waals surface area (Å²) in [5.74, 6) is 0. The SMILES string of the molecule is c1ccc(N2B3Sc4ccccc4-c4cc(N(c5ccccc5)c5ccccc5)c5c(c43)-c3c2cc2c4c3B(N5c3ccccc3)N(c3ccccc3)c3c(N(c5ccccc5)c5ccccc5)cc5c(c3-4)B(Sc3ccccc3-5)N2c2ccccc2)cc1. The Kier molecular flexibility index (Phi) is 11.4. The molecule has 414 valence electrons. The lowest BCUT2D eigenvalue weighted by Gasteiger charge is -2.56. The van der Waals surface area contributed by atoms with Gasteiger partial charge in [0.2, 0.25) is 0 Å². The monoisotopic (exact) mass is 1170 g/mol. The van der Waals surface area contributed by atoms with Gasteiger partial charge in [0.1, 0.15) is 0 Å². The van der Waals surface area contributed by atoms with Crippen LogP contribution in [-0.4, -0.2) is 19.2 Å². The van der Waals surface area contributed by atoms with Gasteiger partial charge in [0.15, 0.2) is 0 Å². The highest BCUT2D eigenvalue weighted by Crippen LogP contribution is 2.65. The van der Waals surface area contributed by atoms with Crippen LogP contribution in [-0.2, 0) is 0 Å². The average Bonchev–Trinajstić information content (AvgIpc) is 0.659. The fourth-order valence-electron chi connectivity index (χ4n) is 15.3. The molecule has 0 atom stereocenters. The largest absolute Gasteiger partial charge is 0.422 e. The van der Waals surface area contributed by atoms with Gasteiger partial charge in [-0.3, -0.25) is 0 Å². The van der Waals surface area contributed by atoms with Crippen molar-refractivity contribution >= 4 is 138 Å². The van der Waals surface area contributed by atoms with E-state index in [-0.39, 0.29) is 12.3 Å². The number of rotatable bonds is 10. The molecule has 0 fully saturated rings. The van der Waals surface area contributed by atoms with Crippen LogP contribution in [0.5, 0.6) is 0 Å². The fourth-order valence-corrected chi connectivity index (χ4v) is 18.1. The van der Waals surface area contributed by atoms with Crippen LogP contribution in [0, 0.1) is 0 Å². The molecule has 0 amide bonds. The van der Waals surface area contributed by atoms with Crippen LogP contribution in [0.4, 0.5) is 79.6 Å². The Morgan fingerprint density at radius 1 is 0.258 bits per heavy atom. The lowest BCUT2D eigenvalue weighted by molar-refractivity contribution is 1.20. The molecule has 89 heavy (non-hydrogen) atoms. The van der Waals surface area contributed by atoms with Crippen molar-refractivity contribution in [3.05, 3.63) is 309 Å². The number of fused-ring (bicyclic) bond motifs is 4. The molecule has 6 heterocycles.